The molecule has 0 saturated carbocycles. The smallest absolute Gasteiger partial charge is 0.225 e. The SMILES string of the molecule is c1ccc2[nH]c(C3CCN(Cc4ccnc(N5CCOCC5)n4)CC3)nc2c1. The second kappa shape index (κ2) is 7.85. The molecule has 0 radical (unpaired) electrons. The Morgan fingerprint density at radius 3 is 2.64 bits per heavy atom. The van der Waals surface area contributed by atoms with Crippen LogP contribution in [0.5, 0.6) is 0 Å². The van der Waals surface area contributed by atoms with E-state index >= 15 is 0 Å². The van der Waals surface area contributed by atoms with Crippen molar-refractivity contribution in [2.24, 2.45) is 0 Å². The number of morpholine rings is 1. The Morgan fingerprint density at radius 2 is 1.82 bits per heavy atom. The maximum Gasteiger partial charge on any atom is 0.225 e. The zero-order chi connectivity index (χ0) is 18.8. The van der Waals surface area contributed by atoms with Gasteiger partial charge in [-0.05, 0) is 44.1 Å². The number of para-hydroxylation sites is 2. The molecule has 3 aromatic rings. The summed E-state index contributed by atoms with van der Waals surface area (Å²) in [6.07, 6.45) is 4.14. The van der Waals surface area contributed by atoms with Crippen LogP contribution in [0.3, 0.4) is 0 Å². The first-order valence-corrected chi connectivity index (χ1v) is 10.2. The normalized spacial score (nSPS) is 19.4. The molecule has 28 heavy (non-hydrogen) atoms. The first kappa shape index (κ1) is 17.6. The summed E-state index contributed by atoms with van der Waals surface area (Å²) in [6, 6.07) is 10.3. The minimum absolute atomic E-state index is 0.512. The number of hydrogen-bond donors (Lipinski definition) is 1. The Morgan fingerprint density at radius 1 is 1.00 bits per heavy atom. The molecule has 1 aromatic carbocycles. The van der Waals surface area contributed by atoms with Crippen LogP contribution in [0.4, 0.5) is 5.95 Å². The van der Waals surface area contributed by atoms with Crippen molar-refractivity contribution in [3.8, 4) is 0 Å². The van der Waals surface area contributed by atoms with E-state index < -0.39 is 0 Å². The number of anilines is 1. The van der Waals surface area contributed by atoms with Gasteiger partial charge in [-0.3, -0.25) is 4.90 Å². The summed E-state index contributed by atoms with van der Waals surface area (Å²) in [5.41, 5.74) is 3.30. The fourth-order valence-electron chi connectivity index (χ4n) is 4.15. The van der Waals surface area contributed by atoms with E-state index in [2.05, 4.69) is 38.0 Å². The number of nitrogens with one attached hydrogen (secondary N) is 1. The maximum atomic E-state index is 5.43. The van der Waals surface area contributed by atoms with Crippen molar-refractivity contribution in [3.63, 3.8) is 0 Å². The first-order valence-electron chi connectivity index (χ1n) is 10.2. The fraction of sp³-hybridized carbons (Fsp3) is 0.476. The van der Waals surface area contributed by atoms with Crippen molar-refractivity contribution in [2.45, 2.75) is 25.3 Å². The highest BCUT2D eigenvalue weighted by Gasteiger charge is 2.23. The molecule has 2 saturated heterocycles. The number of ether oxygens (including phenoxy) is 1. The lowest BCUT2D eigenvalue weighted by atomic mass is 9.96. The van der Waals surface area contributed by atoms with Gasteiger partial charge in [0.2, 0.25) is 5.95 Å². The van der Waals surface area contributed by atoms with Crippen LogP contribution in [0.15, 0.2) is 36.5 Å². The molecule has 2 aliphatic heterocycles. The minimum Gasteiger partial charge on any atom is -0.378 e. The van der Waals surface area contributed by atoms with Crippen LogP contribution in [-0.4, -0.2) is 64.2 Å². The number of aromatic nitrogens is 4. The van der Waals surface area contributed by atoms with Crippen LogP contribution in [-0.2, 0) is 11.3 Å². The third kappa shape index (κ3) is 3.72. The molecular formula is C21H26N6O. The lowest BCUT2D eigenvalue weighted by molar-refractivity contribution is 0.122. The zero-order valence-electron chi connectivity index (χ0n) is 16.0. The zero-order valence-corrected chi connectivity index (χ0v) is 16.0. The molecule has 146 valence electrons. The van der Waals surface area contributed by atoms with Crippen molar-refractivity contribution in [1.29, 1.82) is 0 Å². The van der Waals surface area contributed by atoms with E-state index in [1.165, 1.54) is 0 Å². The molecule has 5 rings (SSSR count). The van der Waals surface area contributed by atoms with Crippen LogP contribution < -0.4 is 4.90 Å². The second-order valence-electron chi connectivity index (χ2n) is 7.64. The fourth-order valence-corrected chi connectivity index (χ4v) is 4.15. The van der Waals surface area contributed by atoms with Gasteiger partial charge in [-0.25, -0.2) is 15.0 Å². The average Bonchev–Trinajstić information content (AvgIpc) is 3.19. The number of aromatic amines is 1. The highest BCUT2D eigenvalue weighted by molar-refractivity contribution is 5.74. The van der Waals surface area contributed by atoms with Gasteiger partial charge in [0.15, 0.2) is 0 Å². The van der Waals surface area contributed by atoms with Crippen LogP contribution in [0.25, 0.3) is 11.0 Å². The van der Waals surface area contributed by atoms with Crippen LogP contribution in [0, 0.1) is 0 Å². The third-order valence-corrected chi connectivity index (χ3v) is 5.76. The van der Waals surface area contributed by atoms with Crippen LogP contribution in [0.2, 0.25) is 0 Å². The Bertz CT molecular complexity index is 894. The number of benzene rings is 1. The molecule has 2 fully saturated rings. The monoisotopic (exact) mass is 378 g/mol. The van der Waals surface area contributed by atoms with Gasteiger partial charge in [0.25, 0.3) is 0 Å². The summed E-state index contributed by atoms with van der Waals surface area (Å²) in [7, 11) is 0. The molecule has 0 unspecified atom stereocenters. The molecule has 2 aliphatic rings. The summed E-state index contributed by atoms with van der Waals surface area (Å²) in [6.45, 7) is 6.26. The van der Waals surface area contributed by atoms with Gasteiger partial charge in [-0.2, -0.15) is 0 Å². The number of H-pyrrole nitrogens is 1. The van der Waals surface area contributed by atoms with E-state index in [1.54, 1.807) is 0 Å². The number of hydrogen-bond acceptors (Lipinski definition) is 6. The quantitative estimate of drug-likeness (QED) is 0.752. The summed E-state index contributed by atoms with van der Waals surface area (Å²) < 4.78 is 5.43. The number of imidazole rings is 1. The highest BCUT2D eigenvalue weighted by atomic mass is 16.5. The van der Waals surface area contributed by atoms with Gasteiger partial charge in [0.1, 0.15) is 5.82 Å². The van der Waals surface area contributed by atoms with Gasteiger partial charge in [0.05, 0.1) is 29.9 Å². The first-order chi connectivity index (χ1) is 13.8. The molecule has 2 aromatic heterocycles. The summed E-state index contributed by atoms with van der Waals surface area (Å²) in [5, 5.41) is 0. The molecule has 1 N–H and O–H groups in total. The average molecular weight is 378 g/mol. The Balaban J connectivity index is 1.20. The van der Waals surface area contributed by atoms with E-state index in [4.69, 9.17) is 14.7 Å². The Kier molecular flexibility index (Phi) is 4.93. The summed E-state index contributed by atoms with van der Waals surface area (Å²) in [5.74, 6) is 2.48. The van der Waals surface area contributed by atoms with Crippen molar-refractivity contribution in [1.82, 2.24) is 24.8 Å². The largest absolute Gasteiger partial charge is 0.378 e. The minimum atomic E-state index is 0.512. The lowest BCUT2D eigenvalue weighted by Gasteiger charge is -2.31. The molecule has 4 heterocycles. The lowest BCUT2D eigenvalue weighted by Crippen LogP contribution is -2.37. The van der Waals surface area contributed by atoms with Crippen molar-refractivity contribution in [2.75, 3.05) is 44.3 Å². The Labute approximate surface area is 164 Å². The van der Waals surface area contributed by atoms with E-state index in [1.807, 2.05) is 18.3 Å². The van der Waals surface area contributed by atoms with E-state index in [-0.39, 0.29) is 0 Å². The molecule has 7 heteroatoms. The predicted octanol–water partition coefficient (Wildman–Crippen LogP) is 2.57. The molecule has 0 bridgehead atoms. The van der Waals surface area contributed by atoms with Crippen LogP contribution in [0.1, 0.15) is 30.3 Å². The number of likely N-dealkylation sites (tertiary alicyclic amines) is 1. The predicted molar refractivity (Wildman–Crippen MR) is 108 cm³/mol. The van der Waals surface area contributed by atoms with Gasteiger partial charge in [-0.15, -0.1) is 0 Å². The third-order valence-electron chi connectivity index (χ3n) is 5.76. The molecule has 7 nitrogen and oxygen atoms in total. The Hall–Kier alpha value is -2.51. The van der Waals surface area contributed by atoms with Crippen LogP contribution >= 0.6 is 0 Å². The molecule has 0 aliphatic carbocycles. The maximum absolute atomic E-state index is 5.43. The van der Waals surface area contributed by atoms with Crippen molar-refractivity contribution < 1.29 is 4.74 Å². The van der Waals surface area contributed by atoms with Gasteiger partial charge < -0.3 is 14.6 Å². The molecule has 0 spiro atoms. The van der Waals surface area contributed by atoms with E-state index in [9.17, 15) is 0 Å². The van der Waals surface area contributed by atoms with Gasteiger partial charge in [0, 0.05) is 31.7 Å². The molecule has 0 amide bonds. The van der Waals surface area contributed by atoms with Crippen molar-refractivity contribution in [3.05, 3.63) is 48.0 Å². The van der Waals surface area contributed by atoms with Gasteiger partial charge >= 0.3 is 0 Å². The summed E-state index contributed by atoms with van der Waals surface area (Å²) in [4.78, 5) is 22.3. The number of piperidine rings is 1. The standard InChI is InChI=1S/C21H26N6O/c1-2-4-19-18(3-1)24-20(25-19)16-6-9-26(10-7-16)15-17-5-8-22-21(23-17)27-11-13-28-14-12-27/h1-5,8,16H,6-7,9-15H2,(H,24,25). The topological polar surface area (TPSA) is 70.2 Å². The number of fused-ring (bicyclic) bond motifs is 1. The highest BCUT2D eigenvalue weighted by Crippen LogP contribution is 2.28. The second-order valence-corrected chi connectivity index (χ2v) is 7.64. The number of rotatable bonds is 4. The summed E-state index contributed by atoms with van der Waals surface area (Å²) >= 11 is 0. The number of nitrogens with zero attached hydrogens (tertiary/aromatic N) is 5. The van der Waals surface area contributed by atoms with Gasteiger partial charge in [-0.1, -0.05) is 12.1 Å². The molecular weight excluding hydrogens is 352 g/mol. The van der Waals surface area contributed by atoms with E-state index in [0.717, 1.165) is 87.3 Å². The molecule has 0 atom stereocenters. The van der Waals surface area contributed by atoms with E-state index in [0.29, 0.717) is 5.92 Å². The van der Waals surface area contributed by atoms with Crippen molar-refractivity contribution >= 4 is 17.0 Å².